The van der Waals surface area contributed by atoms with Gasteiger partial charge in [0.15, 0.2) is 0 Å². The zero-order valence-corrected chi connectivity index (χ0v) is 12.0. The third kappa shape index (κ3) is 3.40. The number of hydrogen-bond donors (Lipinski definition) is 1. The van der Waals surface area contributed by atoms with Gasteiger partial charge in [-0.15, -0.1) is 0 Å². The molecule has 94 valence electrons. The monoisotopic (exact) mass is 269 g/mol. The molecule has 0 bridgehead atoms. The SMILES string of the molecule is CCc1cccc(CN2CCC(S)CC2)c1Cl. The Morgan fingerprint density at radius 3 is 2.59 bits per heavy atom. The van der Waals surface area contributed by atoms with Crippen LogP contribution in [0.3, 0.4) is 0 Å². The van der Waals surface area contributed by atoms with Gasteiger partial charge >= 0.3 is 0 Å². The molecule has 0 saturated carbocycles. The lowest BCUT2D eigenvalue weighted by Gasteiger charge is -2.30. The average molecular weight is 270 g/mol. The Labute approximate surface area is 115 Å². The third-order valence-electron chi connectivity index (χ3n) is 3.49. The summed E-state index contributed by atoms with van der Waals surface area (Å²) in [6.45, 7) is 5.41. The summed E-state index contributed by atoms with van der Waals surface area (Å²) in [5.41, 5.74) is 2.52. The molecule has 0 amide bonds. The molecule has 17 heavy (non-hydrogen) atoms. The fourth-order valence-electron chi connectivity index (χ4n) is 2.35. The predicted octanol–water partition coefficient (Wildman–Crippen LogP) is 3.80. The van der Waals surface area contributed by atoms with Gasteiger partial charge in [-0.2, -0.15) is 12.6 Å². The largest absolute Gasteiger partial charge is 0.299 e. The lowest BCUT2D eigenvalue weighted by atomic mass is 10.1. The Kier molecular flexibility index (Phi) is 4.78. The van der Waals surface area contributed by atoms with Crippen LogP contribution in [0.25, 0.3) is 0 Å². The van der Waals surface area contributed by atoms with Crippen molar-refractivity contribution < 1.29 is 0 Å². The molecule has 1 fully saturated rings. The summed E-state index contributed by atoms with van der Waals surface area (Å²) >= 11 is 10.9. The highest BCUT2D eigenvalue weighted by Gasteiger charge is 2.17. The molecule has 1 nitrogen and oxygen atoms in total. The molecule has 1 aromatic rings. The lowest BCUT2D eigenvalue weighted by Crippen LogP contribution is -2.33. The smallest absolute Gasteiger partial charge is 0.0482 e. The molecule has 0 radical (unpaired) electrons. The van der Waals surface area contributed by atoms with Crippen molar-refractivity contribution in [2.75, 3.05) is 13.1 Å². The van der Waals surface area contributed by atoms with Crippen LogP contribution in [0.2, 0.25) is 5.02 Å². The maximum Gasteiger partial charge on any atom is 0.0482 e. The van der Waals surface area contributed by atoms with E-state index in [-0.39, 0.29) is 0 Å². The Hall–Kier alpha value is -0.180. The van der Waals surface area contributed by atoms with E-state index >= 15 is 0 Å². The average Bonchev–Trinajstić information content (AvgIpc) is 2.35. The van der Waals surface area contributed by atoms with Crippen molar-refractivity contribution in [3.05, 3.63) is 34.3 Å². The normalized spacial score (nSPS) is 18.5. The summed E-state index contributed by atoms with van der Waals surface area (Å²) in [6, 6.07) is 6.38. The van der Waals surface area contributed by atoms with Gasteiger partial charge < -0.3 is 0 Å². The van der Waals surface area contributed by atoms with Gasteiger partial charge in [0.25, 0.3) is 0 Å². The predicted molar refractivity (Wildman–Crippen MR) is 78.1 cm³/mol. The minimum Gasteiger partial charge on any atom is -0.299 e. The van der Waals surface area contributed by atoms with Crippen molar-refractivity contribution in [1.82, 2.24) is 4.90 Å². The number of thiol groups is 1. The maximum atomic E-state index is 6.42. The molecular formula is C14H20ClNS. The van der Waals surface area contributed by atoms with Gasteiger partial charge in [-0.1, -0.05) is 36.7 Å². The summed E-state index contributed by atoms with van der Waals surface area (Å²) < 4.78 is 0. The van der Waals surface area contributed by atoms with Crippen LogP contribution in [0, 0.1) is 0 Å². The van der Waals surface area contributed by atoms with E-state index in [1.165, 1.54) is 24.0 Å². The van der Waals surface area contributed by atoms with Crippen LogP contribution in [-0.2, 0) is 13.0 Å². The number of hydrogen-bond acceptors (Lipinski definition) is 2. The first-order chi connectivity index (χ1) is 8.20. The number of aryl methyl sites for hydroxylation is 1. The highest BCUT2D eigenvalue weighted by atomic mass is 35.5. The number of nitrogens with zero attached hydrogens (tertiary/aromatic N) is 1. The lowest BCUT2D eigenvalue weighted by molar-refractivity contribution is 0.225. The zero-order valence-electron chi connectivity index (χ0n) is 10.3. The molecule has 0 aromatic heterocycles. The van der Waals surface area contributed by atoms with E-state index in [2.05, 4.69) is 42.7 Å². The Morgan fingerprint density at radius 1 is 1.29 bits per heavy atom. The van der Waals surface area contributed by atoms with E-state index in [1.54, 1.807) is 0 Å². The molecule has 0 unspecified atom stereocenters. The summed E-state index contributed by atoms with van der Waals surface area (Å²) in [5, 5.41) is 1.55. The minimum absolute atomic E-state index is 0.587. The van der Waals surface area contributed by atoms with Gasteiger partial charge in [-0.05, 0) is 43.5 Å². The molecule has 0 N–H and O–H groups in total. The van der Waals surface area contributed by atoms with Gasteiger partial charge in [0.2, 0.25) is 0 Å². The van der Waals surface area contributed by atoms with E-state index in [0.717, 1.165) is 31.1 Å². The van der Waals surface area contributed by atoms with E-state index < -0.39 is 0 Å². The minimum atomic E-state index is 0.587. The molecule has 1 saturated heterocycles. The van der Waals surface area contributed by atoms with Crippen molar-refractivity contribution >= 4 is 24.2 Å². The molecule has 3 heteroatoms. The first-order valence-corrected chi connectivity index (χ1v) is 7.26. The van der Waals surface area contributed by atoms with Crippen molar-refractivity contribution in [3.8, 4) is 0 Å². The summed E-state index contributed by atoms with van der Waals surface area (Å²) in [7, 11) is 0. The number of benzene rings is 1. The van der Waals surface area contributed by atoms with Crippen LogP contribution in [0.4, 0.5) is 0 Å². The molecule has 0 spiro atoms. The van der Waals surface area contributed by atoms with Gasteiger partial charge in [0.1, 0.15) is 0 Å². The zero-order chi connectivity index (χ0) is 12.3. The van der Waals surface area contributed by atoms with Gasteiger partial charge in [0, 0.05) is 16.8 Å². The van der Waals surface area contributed by atoms with Crippen LogP contribution < -0.4 is 0 Å². The number of piperidine rings is 1. The van der Waals surface area contributed by atoms with E-state index in [9.17, 15) is 0 Å². The molecule has 1 aliphatic rings. The summed E-state index contributed by atoms with van der Waals surface area (Å²) in [5.74, 6) is 0. The Bertz CT molecular complexity index is 372. The van der Waals surface area contributed by atoms with Crippen molar-refractivity contribution in [3.63, 3.8) is 0 Å². The van der Waals surface area contributed by atoms with Crippen LogP contribution >= 0.6 is 24.2 Å². The van der Waals surface area contributed by atoms with Crippen molar-refractivity contribution in [2.45, 2.75) is 38.0 Å². The molecular weight excluding hydrogens is 250 g/mol. The van der Waals surface area contributed by atoms with E-state index in [4.69, 9.17) is 11.6 Å². The molecule has 0 atom stereocenters. The van der Waals surface area contributed by atoms with Crippen LogP contribution in [0.5, 0.6) is 0 Å². The van der Waals surface area contributed by atoms with Crippen LogP contribution in [-0.4, -0.2) is 23.2 Å². The molecule has 1 heterocycles. The first-order valence-electron chi connectivity index (χ1n) is 6.37. The van der Waals surface area contributed by atoms with Crippen LogP contribution in [0.15, 0.2) is 18.2 Å². The van der Waals surface area contributed by atoms with Crippen molar-refractivity contribution in [2.24, 2.45) is 0 Å². The molecule has 1 aromatic carbocycles. The maximum absolute atomic E-state index is 6.42. The number of likely N-dealkylation sites (tertiary alicyclic amines) is 1. The topological polar surface area (TPSA) is 3.24 Å². The molecule has 0 aliphatic carbocycles. The summed E-state index contributed by atoms with van der Waals surface area (Å²) in [6.07, 6.45) is 3.38. The highest BCUT2D eigenvalue weighted by molar-refractivity contribution is 7.80. The van der Waals surface area contributed by atoms with Crippen LogP contribution in [0.1, 0.15) is 30.9 Å². The Morgan fingerprint density at radius 2 is 1.94 bits per heavy atom. The second-order valence-corrected chi connectivity index (χ2v) is 5.86. The molecule has 2 rings (SSSR count). The Balaban J connectivity index is 2.03. The van der Waals surface area contributed by atoms with Gasteiger partial charge in [0.05, 0.1) is 0 Å². The molecule has 1 aliphatic heterocycles. The summed E-state index contributed by atoms with van der Waals surface area (Å²) in [4.78, 5) is 2.48. The highest BCUT2D eigenvalue weighted by Crippen LogP contribution is 2.24. The fraction of sp³-hybridized carbons (Fsp3) is 0.571. The second-order valence-electron chi connectivity index (χ2n) is 4.75. The fourth-order valence-corrected chi connectivity index (χ4v) is 2.90. The second kappa shape index (κ2) is 6.12. The quantitative estimate of drug-likeness (QED) is 0.817. The van der Waals surface area contributed by atoms with Gasteiger partial charge in [-0.25, -0.2) is 0 Å². The van der Waals surface area contributed by atoms with E-state index in [1.807, 2.05) is 0 Å². The number of halogens is 1. The van der Waals surface area contributed by atoms with Crippen molar-refractivity contribution in [1.29, 1.82) is 0 Å². The first kappa shape index (κ1) is 13.3. The van der Waals surface area contributed by atoms with E-state index in [0.29, 0.717) is 5.25 Å². The standard InChI is InChI=1S/C14H20ClNS/c1-2-11-4-3-5-12(14(11)15)10-16-8-6-13(17)7-9-16/h3-5,13,17H,2,6-10H2,1H3. The third-order valence-corrected chi connectivity index (χ3v) is 4.49. The number of rotatable bonds is 3. The van der Waals surface area contributed by atoms with Gasteiger partial charge in [-0.3, -0.25) is 4.90 Å².